The minimum absolute atomic E-state index is 0.120. The third-order valence-electron chi connectivity index (χ3n) is 8.28. The van der Waals surface area contributed by atoms with Gasteiger partial charge in [0.2, 0.25) is 0 Å². The average Bonchev–Trinajstić information content (AvgIpc) is 3.40. The lowest BCUT2D eigenvalue weighted by Crippen LogP contribution is -2.45. The number of piperidine rings is 1. The second kappa shape index (κ2) is 11.7. The monoisotopic (exact) mass is 572 g/mol. The zero-order chi connectivity index (χ0) is 29.3. The molecule has 0 aliphatic carbocycles. The lowest BCUT2D eigenvalue weighted by atomic mass is 9.93. The number of aryl methyl sites for hydroxylation is 1. The van der Waals surface area contributed by atoms with Crippen molar-refractivity contribution < 1.29 is 23.4 Å². The number of carbonyl (C=O) groups is 1. The number of halogens is 1. The Bertz CT molecular complexity index is 1610. The third-order valence-corrected chi connectivity index (χ3v) is 8.28. The molecule has 1 saturated heterocycles. The van der Waals surface area contributed by atoms with E-state index < -0.39 is 0 Å². The maximum atomic E-state index is 14.4. The summed E-state index contributed by atoms with van der Waals surface area (Å²) in [5.41, 5.74) is 5.20. The lowest BCUT2D eigenvalue weighted by molar-refractivity contribution is -0.142. The van der Waals surface area contributed by atoms with Gasteiger partial charge in [0.05, 0.1) is 30.9 Å². The smallest absolute Gasteiger partial charge is 0.310 e. The summed E-state index contributed by atoms with van der Waals surface area (Å²) in [7, 11) is 0. The highest BCUT2D eigenvalue weighted by Gasteiger charge is 2.33. The van der Waals surface area contributed by atoms with Gasteiger partial charge < -0.3 is 19.1 Å². The van der Waals surface area contributed by atoms with Gasteiger partial charge in [-0.15, -0.1) is 0 Å². The van der Waals surface area contributed by atoms with Crippen LogP contribution in [0.4, 0.5) is 10.2 Å². The molecule has 0 atom stereocenters. The van der Waals surface area contributed by atoms with E-state index in [1.807, 2.05) is 48.7 Å². The minimum atomic E-state index is -0.321. The zero-order valence-electron chi connectivity index (χ0n) is 24.5. The minimum Gasteiger partial charge on any atom is -0.493 e. The van der Waals surface area contributed by atoms with Gasteiger partial charge in [-0.3, -0.25) is 4.79 Å². The van der Waals surface area contributed by atoms with E-state index in [4.69, 9.17) is 24.3 Å². The first kappa shape index (κ1) is 28.2. The molecule has 8 nitrogen and oxygen atoms in total. The molecule has 0 amide bonds. The first-order valence-corrected chi connectivity index (χ1v) is 14.8. The summed E-state index contributed by atoms with van der Waals surface area (Å²) in [6, 6.07) is 14.5. The summed E-state index contributed by atoms with van der Waals surface area (Å²) < 4.78 is 34.1. The van der Waals surface area contributed by atoms with E-state index in [9.17, 15) is 9.18 Å². The first-order chi connectivity index (χ1) is 20.3. The van der Waals surface area contributed by atoms with Crippen LogP contribution < -0.4 is 9.64 Å². The van der Waals surface area contributed by atoms with Crippen molar-refractivity contribution in [3.63, 3.8) is 0 Å². The highest BCUT2D eigenvalue weighted by Crippen LogP contribution is 2.36. The molecule has 3 aliphatic heterocycles. The molecule has 0 unspecified atom stereocenters. The Morgan fingerprint density at radius 3 is 2.67 bits per heavy atom. The van der Waals surface area contributed by atoms with Crippen molar-refractivity contribution in [1.29, 1.82) is 0 Å². The summed E-state index contributed by atoms with van der Waals surface area (Å²) in [6.45, 7) is 8.95. The van der Waals surface area contributed by atoms with E-state index in [0.717, 1.165) is 72.7 Å². The highest BCUT2D eigenvalue weighted by atomic mass is 19.1. The van der Waals surface area contributed by atoms with Crippen LogP contribution in [-0.4, -0.2) is 59.1 Å². The van der Waals surface area contributed by atoms with Crippen molar-refractivity contribution in [1.82, 2.24) is 14.6 Å². The number of aromatic nitrogens is 3. The standard InChI is InChI=1S/C33H37FN4O4/c1-4-40-31(39)20-26-22(2)35-30-21-28-24-9-7-8-23(18-24)27-19-25(34)10-11-29(27)41-16-5-6-17-42-33(3)12-14-37(15-13-33)32(26)38(30)36-28/h7-11,18-19,21H,4-6,12-17,20H2,1-3H3. The van der Waals surface area contributed by atoms with E-state index in [0.29, 0.717) is 36.8 Å². The quantitative estimate of drug-likeness (QED) is 0.272. The molecule has 2 aromatic heterocycles. The molecule has 4 aromatic rings. The molecular formula is C33H37FN4O4. The molecule has 220 valence electrons. The summed E-state index contributed by atoms with van der Waals surface area (Å²) in [5.74, 6) is 0.906. The van der Waals surface area contributed by atoms with E-state index in [1.165, 1.54) is 12.1 Å². The Morgan fingerprint density at radius 2 is 1.86 bits per heavy atom. The van der Waals surface area contributed by atoms with Gasteiger partial charge >= 0.3 is 5.97 Å². The van der Waals surface area contributed by atoms with Crippen molar-refractivity contribution in [2.24, 2.45) is 0 Å². The van der Waals surface area contributed by atoms with Crippen molar-refractivity contribution in [2.75, 3.05) is 37.8 Å². The van der Waals surface area contributed by atoms with Crippen LogP contribution in [0.3, 0.4) is 0 Å². The number of carbonyl (C=O) groups excluding carboxylic acids is 1. The maximum absolute atomic E-state index is 14.4. The third kappa shape index (κ3) is 5.70. The van der Waals surface area contributed by atoms with Crippen LogP contribution in [-0.2, 0) is 20.7 Å². The molecule has 0 spiro atoms. The van der Waals surface area contributed by atoms with Crippen LogP contribution in [0.2, 0.25) is 0 Å². The van der Waals surface area contributed by atoms with E-state index >= 15 is 0 Å². The molecule has 3 aliphatic rings. The molecule has 0 radical (unpaired) electrons. The van der Waals surface area contributed by atoms with E-state index in [1.54, 1.807) is 6.07 Å². The molecule has 9 heteroatoms. The number of benzene rings is 2. The Hall–Kier alpha value is -3.98. The Kier molecular flexibility index (Phi) is 7.86. The van der Waals surface area contributed by atoms with Crippen molar-refractivity contribution >= 4 is 17.4 Å². The first-order valence-electron chi connectivity index (χ1n) is 14.8. The molecule has 1 fully saturated rings. The summed E-state index contributed by atoms with van der Waals surface area (Å²) in [6.07, 6.45) is 3.52. The molecule has 42 heavy (non-hydrogen) atoms. The maximum Gasteiger partial charge on any atom is 0.310 e. The van der Waals surface area contributed by atoms with Crippen LogP contribution in [0.25, 0.3) is 28.0 Å². The van der Waals surface area contributed by atoms with Crippen LogP contribution in [0, 0.1) is 12.7 Å². The molecule has 6 bridgehead atoms. The number of rotatable bonds is 3. The van der Waals surface area contributed by atoms with E-state index in [-0.39, 0.29) is 23.8 Å². The fourth-order valence-electron chi connectivity index (χ4n) is 5.91. The van der Waals surface area contributed by atoms with Gasteiger partial charge in [-0.25, -0.2) is 9.37 Å². The van der Waals surface area contributed by atoms with Gasteiger partial charge in [0, 0.05) is 48.1 Å². The number of hydrogen-bond donors (Lipinski definition) is 0. The van der Waals surface area contributed by atoms with E-state index in [2.05, 4.69) is 11.8 Å². The van der Waals surface area contributed by atoms with Gasteiger partial charge in [0.25, 0.3) is 0 Å². The SMILES string of the molecule is CCOC(=O)Cc1c(C)nc2cc3nn2c1N1CCC(C)(CC1)OCCCCOc1ccc(F)cc1-c1cccc-3c1. The van der Waals surface area contributed by atoms with Crippen molar-refractivity contribution in [2.45, 2.75) is 58.5 Å². The Labute approximate surface area is 245 Å². The fourth-order valence-corrected chi connectivity index (χ4v) is 5.91. The predicted octanol–water partition coefficient (Wildman–Crippen LogP) is 6.16. The van der Waals surface area contributed by atoms with Crippen LogP contribution in [0.15, 0.2) is 48.5 Å². The van der Waals surface area contributed by atoms with Gasteiger partial charge in [0.15, 0.2) is 5.65 Å². The topological polar surface area (TPSA) is 78.2 Å². The van der Waals surface area contributed by atoms with Gasteiger partial charge in [-0.05, 0) is 76.3 Å². The van der Waals surface area contributed by atoms with Gasteiger partial charge in [-0.2, -0.15) is 9.61 Å². The average molecular weight is 573 g/mol. The van der Waals surface area contributed by atoms with Crippen molar-refractivity contribution in [3.8, 4) is 28.1 Å². The second-order valence-electron chi connectivity index (χ2n) is 11.3. The molecule has 7 rings (SSSR count). The lowest BCUT2D eigenvalue weighted by Gasteiger charge is -2.41. The van der Waals surface area contributed by atoms with Crippen LogP contribution >= 0.6 is 0 Å². The number of anilines is 1. The molecular weight excluding hydrogens is 535 g/mol. The molecule has 2 aromatic carbocycles. The molecule has 0 saturated carbocycles. The highest BCUT2D eigenvalue weighted by molar-refractivity contribution is 5.78. The predicted molar refractivity (Wildman–Crippen MR) is 159 cm³/mol. The fraction of sp³-hybridized carbons (Fsp3) is 0.424. The van der Waals surface area contributed by atoms with Crippen LogP contribution in [0.5, 0.6) is 5.75 Å². The number of nitrogens with zero attached hydrogens (tertiary/aromatic N) is 4. The zero-order valence-corrected chi connectivity index (χ0v) is 24.5. The van der Waals surface area contributed by atoms with Gasteiger partial charge in [0.1, 0.15) is 17.4 Å². The summed E-state index contributed by atoms with van der Waals surface area (Å²) in [4.78, 5) is 19.8. The summed E-state index contributed by atoms with van der Waals surface area (Å²) >= 11 is 0. The Morgan fingerprint density at radius 1 is 1.07 bits per heavy atom. The number of hydrogen-bond acceptors (Lipinski definition) is 7. The van der Waals surface area contributed by atoms with Crippen LogP contribution in [0.1, 0.15) is 50.8 Å². The molecule has 5 heterocycles. The number of fused-ring (bicyclic) bond motifs is 7. The summed E-state index contributed by atoms with van der Waals surface area (Å²) in [5, 5.41) is 5.03. The second-order valence-corrected chi connectivity index (χ2v) is 11.3. The Balaban J connectivity index is 1.50. The van der Waals surface area contributed by atoms with Crippen molar-refractivity contribution in [3.05, 3.63) is 65.6 Å². The molecule has 0 N–H and O–H groups in total. The number of esters is 1. The van der Waals surface area contributed by atoms with Gasteiger partial charge in [-0.1, -0.05) is 18.2 Å². The number of ether oxygens (including phenoxy) is 3. The normalized spacial score (nSPS) is 16.8. The largest absolute Gasteiger partial charge is 0.493 e.